The number of nitrogens with one attached hydrogen (secondary N) is 1. The van der Waals surface area contributed by atoms with E-state index in [9.17, 15) is 19.2 Å². The largest absolute Gasteiger partial charge is 0.444 e. The van der Waals surface area contributed by atoms with Crippen molar-refractivity contribution in [3.63, 3.8) is 0 Å². The van der Waals surface area contributed by atoms with Gasteiger partial charge in [-0.15, -0.1) is 22.7 Å². The maximum atomic E-state index is 13.2. The predicted molar refractivity (Wildman–Crippen MR) is 316 cm³/mol. The minimum atomic E-state index is -0.480. The molecular weight excluding hydrogens is 1030 g/mol. The minimum Gasteiger partial charge on any atom is -0.444 e. The summed E-state index contributed by atoms with van der Waals surface area (Å²) in [6, 6.07) is 34.4. The first kappa shape index (κ1) is 58.0. The van der Waals surface area contributed by atoms with Crippen molar-refractivity contribution < 1.29 is 28.7 Å². The molecule has 3 aromatic carbocycles. The lowest BCUT2D eigenvalue weighted by molar-refractivity contribution is 0.0112. The Kier molecular flexibility index (Phi) is 19.7. The first-order valence-corrected chi connectivity index (χ1v) is 30.5. The first-order chi connectivity index (χ1) is 38.0. The molecule has 0 spiro atoms. The number of carbonyl (C=O) groups is 4. The standard InChI is InChI=1S/C24H31N3O3S.C20H24N2OS.C19H29N3O2/c1-24(2,3)30-23(29)26-12-10-25(11-13-26)17-20-15-18-7-4-5-8-19(18)16-27(20)22(28)21-9-6-14-31-21;23-20(19-9-6-12-24-19)22-14-17-8-3-2-7-16(17)13-18(22)15-21-10-4-1-5-11-21;1-19(2,3)24-18(23)22-10-8-21(9-11-22)14-17-12-15-6-4-5-7-16(15)13-20-17/h4-9,14,20H,10-13,15-17H2,1-3H3;2-3,6-9,12,18H,1,4-5,10-11,13-15H2;4-7,17,20H,8-14H2,1-3H3/t20-;18-;17-/m111/s1. The third-order valence-electron chi connectivity index (χ3n) is 15.8. The van der Waals surface area contributed by atoms with Crippen LogP contribution in [0, 0.1) is 0 Å². The van der Waals surface area contributed by atoms with Crippen LogP contribution in [0.4, 0.5) is 9.59 Å². The topological polar surface area (TPSA) is 121 Å². The maximum absolute atomic E-state index is 13.2. The average molecular weight is 1110 g/mol. The molecule has 14 nitrogen and oxygen atoms in total. The van der Waals surface area contributed by atoms with Gasteiger partial charge in [-0.25, -0.2) is 9.59 Å². The van der Waals surface area contributed by atoms with Crippen molar-refractivity contribution >= 4 is 46.7 Å². The van der Waals surface area contributed by atoms with E-state index in [1.54, 1.807) is 16.2 Å². The second-order valence-corrected chi connectivity index (χ2v) is 25.9. The van der Waals surface area contributed by atoms with E-state index >= 15 is 0 Å². The maximum Gasteiger partial charge on any atom is 0.410 e. The Morgan fingerprint density at radius 3 is 1.28 bits per heavy atom. The molecule has 16 heteroatoms. The van der Waals surface area contributed by atoms with Gasteiger partial charge in [0.15, 0.2) is 0 Å². The Balaban J connectivity index is 0.000000145. The summed E-state index contributed by atoms with van der Waals surface area (Å²) in [5, 5.41) is 7.59. The lowest BCUT2D eigenvalue weighted by atomic mass is 9.93. The number of ether oxygens (including phenoxy) is 2. The third-order valence-corrected chi connectivity index (χ3v) is 17.5. The minimum absolute atomic E-state index is 0.113. The number of rotatable bonds is 8. The number of amides is 4. The summed E-state index contributed by atoms with van der Waals surface area (Å²) in [5.41, 5.74) is 7.26. The molecule has 11 rings (SSSR count). The van der Waals surface area contributed by atoms with Gasteiger partial charge in [0, 0.05) is 110 Å². The summed E-state index contributed by atoms with van der Waals surface area (Å²) < 4.78 is 11.0. The zero-order valence-corrected chi connectivity index (χ0v) is 49.2. The number of hydrogen-bond acceptors (Lipinski definition) is 12. The highest BCUT2D eigenvalue weighted by Crippen LogP contribution is 2.30. The Morgan fingerprint density at radius 1 is 0.468 bits per heavy atom. The van der Waals surface area contributed by atoms with E-state index in [0.29, 0.717) is 25.7 Å². The molecule has 0 unspecified atom stereocenters. The SMILES string of the molecule is CC(C)(C)OC(=O)N1CCN(C[C@H]2Cc3ccccc3CN2)CC1.CC(C)(C)OC(=O)N1CCN(C[C@H]2Cc3ccccc3CN2C(=O)c2cccs2)CC1.O=C(c1cccs1)N1Cc2ccccc2C[C@@H]1CN1CCCCC1. The zero-order valence-electron chi connectivity index (χ0n) is 47.6. The van der Waals surface area contributed by atoms with Crippen LogP contribution in [0.1, 0.15) is 114 Å². The molecule has 4 amide bonds. The van der Waals surface area contributed by atoms with Gasteiger partial charge >= 0.3 is 12.2 Å². The van der Waals surface area contributed by atoms with Crippen LogP contribution in [0.5, 0.6) is 0 Å². The van der Waals surface area contributed by atoms with E-state index in [1.807, 2.05) is 92.4 Å². The molecule has 2 aromatic heterocycles. The second kappa shape index (κ2) is 26.8. The van der Waals surface area contributed by atoms with E-state index in [-0.39, 0.29) is 36.1 Å². The number of hydrogen-bond donors (Lipinski definition) is 1. The Morgan fingerprint density at radius 2 is 0.861 bits per heavy atom. The predicted octanol–water partition coefficient (Wildman–Crippen LogP) is 9.92. The van der Waals surface area contributed by atoms with Gasteiger partial charge in [0.25, 0.3) is 11.8 Å². The lowest BCUT2D eigenvalue weighted by Crippen LogP contribution is -2.55. The molecule has 3 fully saturated rings. The van der Waals surface area contributed by atoms with Crippen molar-refractivity contribution in [2.24, 2.45) is 0 Å². The number of fused-ring (bicyclic) bond motifs is 3. The smallest absolute Gasteiger partial charge is 0.410 e. The summed E-state index contributed by atoms with van der Waals surface area (Å²) in [7, 11) is 0. The van der Waals surface area contributed by atoms with E-state index in [1.165, 1.54) is 77.1 Å². The molecule has 6 aliphatic rings. The summed E-state index contributed by atoms with van der Waals surface area (Å²) >= 11 is 3.05. The number of nitrogens with zero attached hydrogens (tertiary/aromatic N) is 7. The number of carbonyl (C=O) groups excluding carboxylic acids is 4. The highest BCUT2D eigenvalue weighted by molar-refractivity contribution is 7.12. The highest BCUT2D eigenvalue weighted by atomic mass is 32.1. The van der Waals surface area contributed by atoms with Crippen LogP contribution in [0.3, 0.4) is 0 Å². The van der Waals surface area contributed by atoms with Crippen LogP contribution in [-0.4, -0.2) is 173 Å². The second-order valence-electron chi connectivity index (χ2n) is 24.0. The normalized spacial score (nSPS) is 21.0. The molecular formula is C63H84N8O6S2. The van der Waals surface area contributed by atoms with Crippen molar-refractivity contribution in [2.75, 3.05) is 85.1 Å². The van der Waals surface area contributed by atoms with Gasteiger partial charge in [0.2, 0.25) is 0 Å². The van der Waals surface area contributed by atoms with Gasteiger partial charge in [-0.05, 0) is 143 Å². The van der Waals surface area contributed by atoms with Gasteiger partial charge in [0.05, 0.1) is 9.75 Å². The Bertz CT molecular complexity index is 2770. The molecule has 3 saturated heterocycles. The Hall–Kier alpha value is -5.62. The van der Waals surface area contributed by atoms with E-state index in [4.69, 9.17) is 9.47 Å². The van der Waals surface area contributed by atoms with Crippen LogP contribution < -0.4 is 5.32 Å². The summed E-state index contributed by atoms with van der Waals surface area (Å²) in [4.78, 5) is 67.5. The molecule has 79 heavy (non-hydrogen) atoms. The van der Waals surface area contributed by atoms with Gasteiger partial charge in [0.1, 0.15) is 11.2 Å². The monoisotopic (exact) mass is 1110 g/mol. The molecule has 0 bridgehead atoms. The van der Waals surface area contributed by atoms with Crippen molar-refractivity contribution in [3.8, 4) is 0 Å². The van der Waals surface area contributed by atoms with Gasteiger partial charge < -0.3 is 39.3 Å². The fourth-order valence-corrected chi connectivity index (χ4v) is 13.0. The summed E-state index contributed by atoms with van der Waals surface area (Å²) in [6.07, 6.45) is 6.43. The Labute approximate surface area is 477 Å². The number of likely N-dealkylation sites (tertiary alicyclic amines) is 1. The highest BCUT2D eigenvalue weighted by Gasteiger charge is 2.36. The van der Waals surface area contributed by atoms with Gasteiger partial charge in [-0.3, -0.25) is 19.4 Å². The fourth-order valence-electron chi connectivity index (χ4n) is 11.6. The molecule has 0 radical (unpaired) electrons. The quantitative estimate of drug-likeness (QED) is 0.161. The van der Waals surface area contributed by atoms with Gasteiger partial charge in [-0.1, -0.05) is 91.3 Å². The first-order valence-electron chi connectivity index (χ1n) is 28.8. The van der Waals surface area contributed by atoms with Crippen LogP contribution >= 0.6 is 22.7 Å². The molecule has 424 valence electrons. The molecule has 6 aliphatic heterocycles. The van der Waals surface area contributed by atoms with Crippen molar-refractivity contribution in [1.29, 1.82) is 0 Å². The number of piperazine rings is 2. The number of thiophene rings is 2. The van der Waals surface area contributed by atoms with E-state index < -0.39 is 11.2 Å². The summed E-state index contributed by atoms with van der Waals surface area (Å²) in [5.74, 6) is 0.309. The molecule has 5 aromatic rings. The number of piperidine rings is 1. The van der Waals surface area contributed by atoms with Gasteiger partial charge in [-0.2, -0.15) is 0 Å². The number of benzene rings is 3. The molecule has 1 N–H and O–H groups in total. The van der Waals surface area contributed by atoms with Crippen molar-refractivity contribution in [2.45, 2.75) is 129 Å². The third kappa shape index (κ3) is 16.3. The van der Waals surface area contributed by atoms with E-state index in [2.05, 4.69) is 91.6 Å². The van der Waals surface area contributed by atoms with Crippen molar-refractivity contribution in [1.82, 2.24) is 39.6 Å². The van der Waals surface area contributed by atoms with Crippen LogP contribution in [0.25, 0.3) is 0 Å². The molecule has 0 aliphatic carbocycles. The molecule has 0 saturated carbocycles. The molecule has 3 atom stereocenters. The fraction of sp³-hybridized carbons (Fsp3) is 0.524. The lowest BCUT2D eigenvalue weighted by Gasteiger charge is -2.42. The van der Waals surface area contributed by atoms with Crippen LogP contribution in [-0.2, 0) is 48.4 Å². The van der Waals surface area contributed by atoms with E-state index in [0.717, 1.165) is 101 Å². The van der Waals surface area contributed by atoms with Crippen LogP contribution in [0.15, 0.2) is 108 Å². The summed E-state index contributed by atoms with van der Waals surface area (Å²) in [6.45, 7) is 25.2. The zero-order chi connectivity index (χ0) is 55.5. The van der Waals surface area contributed by atoms with Crippen LogP contribution in [0.2, 0.25) is 0 Å². The average Bonchev–Trinajstić information content (AvgIpc) is 4.24. The van der Waals surface area contributed by atoms with Crippen molar-refractivity contribution in [3.05, 3.63) is 151 Å². The molecule has 8 heterocycles.